The van der Waals surface area contributed by atoms with Crippen molar-refractivity contribution in [2.45, 2.75) is 18.8 Å². The summed E-state index contributed by atoms with van der Waals surface area (Å²) < 4.78 is 12.3. The number of rotatable bonds is 3. The van der Waals surface area contributed by atoms with Crippen LogP contribution in [0.25, 0.3) is 5.69 Å². The summed E-state index contributed by atoms with van der Waals surface area (Å²) in [6.45, 7) is 0. The Bertz CT molecular complexity index is 1120. The number of furan rings is 1. The van der Waals surface area contributed by atoms with Crippen molar-refractivity contribution in [2.24, 2.45) is 0 Å². The number of carbonyl (C=O) groups is 1. The lowest BCUT2D eigenvalue weighted by Crippen LogP contribution is -2.31. The summed E-state index contributed by atoms with van der Waals surface area (Å²) in [5, 5.41) is 9.39. The zero-order valence-electron chi connectivity index (χ0n) is 14.6. The van der Waals surface area contributed by atoms with E-state index in [2.05, 4.69) is 0 Å². The molecular formula is C21H16N2O4. The molecule has 1 aliphatic carbocycles. The number of hydrogen-bond acceptors (Lipinski definition) is 5. The van der Waals surface area contributed by atoms with Gasteiger partial charge in [0.25, 0.3) is 5.56 Å². The molecule has 6 nitrogen and oxygen atoms in total. The van der Waals surface area contributed by atoms with Crippen LogP contribution in [-0.4, -0.2) is 17.5 Å². The van der Waals surface area contributed by atoms with E-state index < -0.39 is 5.56 Å². The SMILES string of the molecule is COc1ccccc1-n1c2c(cc(C#N)c1=O)C(=O)C[C@@H](c1ccco1)C2. The van der Waals surface area contributed by atoms with E-state index >= 15 is 0 Å². The maximum absolute atomic E-state index is 13.0. The van der Waals surface area contributed by atoms with Crippen molar-refractivity contribution in [2.75, 3.05) is 7.11 Å². The van der Waals surface area contributed by atoms with Gasteiger partial charge in [-0.3, -0.25) is 14.2 Å². The number of methoxy groups -OCH3 is 1. The van der Waals surface area contributed by atoms with Gasteiger partial charge in [-0.25, -0.2) is 0 Å². The molecule has 2 heterocycles. The average molecular weight is 360 g/mol. The number of nitriles is 1. The Kier molecular flexibility index (Phi) is 4.13. The predicted molar refractivity (Wildman–Crippen MR) is 97.4 cm³/mol. The zero-order valence-corrected chi connectivity index (χ0v) is 14.6. The smallest absolute Gasteiger partial charge is 0.273 e. The first kappa shape index (κ1) is 16.9. The molecule has 0 N–H and O–H groups in total. The maximum Gasteiger partial charge on any atom is 0.273 e. The molecule has 0 saturated heterocycles. The first-order chi connectivity index (χ1) is 13.1. The van der Waals surface area contributed by atoms with Gasteiger partial charge in [0.05, 0.1) is 19.1 Å². The standard InChI is InChI=1S/C21H16N2O4/c1-26-20-6-3-2-5-16(20)23-17-10-13(19-7-4-8-27-19)11-18(24)15(17)9-14(12-22)21(23)25/h2-9,13H,10-11H2,1H3/t13-/m0/s1. The normalized spacial score (nSPS) is 15.9. The maximum atomic E-state index is 13.0. The summed E-state index contributed by atoms with van der Waals surface area (Å²) in [5.41, 5.74) is 0.949. The fourth-order valence-corrected chi connectivity index (χ4v) is 3.61. The van der Waals surface area contributed by atoms with Gasteiger partial charge in [0.15, 0.2) is 5.78 Å². The number of ketones is 1. The van der Waals surface area contributed by atoms with Gasteiger partial charge >= 0.3 is 0 Å². The highest BCUT2D eigenvalue weighted by Gasteiger charge is 2.32. The largest absolute Gasteiger partial charge is 0.495 e. The van der Waals surface area contributed by atoms with Crippen LogP contribution in [0, 0.1) is 11.3 Å². The van der Waals surface area contributed by atoms with Gasteiger partial charge in [-0.15, -0.1) is 0 Å². The molecule has 0 fully saturated rings. The molecule has 134 valence electrons. The molecule has 2 aromatic heterocycles. The fourth-order valence-electron chi connectivity index (χ4n) is 3.61. The topological polar surface area (TPSA) is 85.2 Å². The number of ether oxygens (including phenoxy) is 1. The lowest BCUT2D eigenvalue weighted by atomic mass is 9.83. The minimum atomic E-state index is -0.464. The van der Waals surface area contributed by atoms with Crippen LogP contribution in [0.4, 0.5) is 0 Å². The van der Waals surface area contributed by atoms with Gasteiger partial charge in [0.2, 0.25) is 0 Å². The third-order valence-corrected chi connectivity index (χ3v) is 4.87. The van der Waals surface area contributed by atoms with Gasteiger partial charge in [0, 0.05) is 23.6 Å². The molecule has 6 heteroatoms. The van der Waals surface area contributed by atoms with Crippen LogP contribution in [0.2, 0.25) is 0 Å². The van der Waals surface area contributed by atoms with Crippen molar-refractivity contribution < 1.29 is 13.9 Å². The lowest BCUT2D eigenvalue weighted by molar-refractivity contribution is 0.0958. The Hall–Kier alpha value is -3.59. The average Bonchev–Trinajstić information content (AvgIpc) is 3.22. The van der Waals surface area contributed by atoms with Gasteiger partial charge in [-0.1, -0.05) is 12.1 Å². The number of aromatic nitrogens is 1. The van der Waals surface area contributed by atoms with Crippen molar-refractivity contribution in [1.29, 1.82) is 5.26 Å². The van der Waals surface area contributed by atoms with E-state index in [9.17, 15) is 14.9 Å². The van der Waals surface area contributed by atoms with Crippen LogP contribution in [0.15, 0.2) is 57.9 Å². The van der Waals surface area contributed by atoms with E-state index in [1.54, 1.807) is 36.6 Å². The number of benzene rings is 1. The summed E-state index contributed by atoms with van der Waals surface area (Å²) in [4.78, 5) is 25.8. The molecular weight excluding hydrogens is 344 g/mol. The van der Waals surface area contributed by atoms with E-state index in [0.29, 0.717) is 34.9 Å². The monoisotopic (exact) mass is 360 g/mol. The number of para-hydroxylation sites is 2. The highest BCUT2D eigenvalue weighted by Crippen LogP contribution is 2.34. The molecule has 0 radical (unpaired) electrons. The number of carbonyl (C=O) groups excluding carboxylic acids is 1. The van der Waals surface area contributed by atoms with Crippen LogP contribution in [0.3, 0.4) is 0 Å². The number of fused-ring (bicyclic) bond motifs is 1. The molecule has 4 rings (SSSR count). The summed E-state index contributed by atoms with van der Waals surface area (Å²) in [6, 6.07) is 14.0. The second kappa shape index (κ2) is 6.61. The number of pyridine rings is 1. The minimum Gasteiger partial charge on any atom is -0.495 e. The Morgan fingerprint density at radius 3 is 2.70 bits per heavy atom. The molecule has 27 heavy (non-hydrogen) atoms. The Morgan fingerprint density at radius 2 is 2.00 bits per heavy atom. The van der Waals surface area contributed by atoms with Gasteiger partial charge < -0.3 is 9.15 Å². The minimum absolute atomic E-state index is 0.0653. The molecule has 0 aliphatic heterocycles. The highest BCUT2D eigenvalue weighted by molar-refractivity contribution is 5.99. The van der Waals surface area contributed by atoms with Crippen molar-refractivity contribution in [3.63, 3.8) is 0 Å². The second-order valence-corrected chi connectivity index (χ2v) is 6.39. The van der Waals surface area contributed by atoms with Crippen molar-refractivity contribution in [1.82, 2.24) is 4.57 Å². The van der Waals surface area contributed by atoms with E-state index in [1.165, 1.54) is 17.7 Å². The van der Waals surface area contributed by atoms with Gasteiger partial charge in [0.1, 0.15) is 23.1 Å². The molecule has 0 spiro atoms. The fraction of sp³-hybridized carbons (Fsp3) is 0.190. The van der Waals surface area contributed by atoms with Crippen LogP contribution in [0.5, 0.6) is 5.75 Å². The molecule has 1 atom stereocenters. The Labute approximate surface area is 155 Å². The third kappa shape index (κ3) is 2.74. The highest BCUT2D eigenvalue weighted by atomic mass is 16.5. The molecule has 3 aromatic rings. The number of nitrogens with zero attached hydrogens (tertiary/aromatic N) is 2. The van der Waals surface area contributed by atoms with Crippen molar-refractivity contribution >= 4 is 5.78 Å². The molecule has 1 aromatic carbocycles. The van der Waals surface area contributed by atoms with E-state index in [1.807, 2.05) is 12.1 Å². The van der Waals surface area contributed by atoms with Crippen LogP contribution in [0.1, 0.15) is 39.7 Å². The van der Waals surface area contributed by atoms with Crippen molar-refractivity contribution in [3.05, 3.63) is 81.7 Å². The summed E-state index contributed by atoms with van der Waals surface area (Å²) in [6.07, 6.45) is 2.30. The molecule has 0 unspecified atom stereocenters. The Balaban J connectivity index is 1.99. The number of Topliss-reactive ketones (excluding diaryl/α,β-unsaturated/α-hetero) is 1. The summed E-state index contributed by atoms with van der Waals surface area (Å²) in [7, 11) is 1.52. The summed E-state index contributed by atoms with van der Waals surface area (Å²) in [5.74, 6) is 0.924. The predicted octanol–water partition coefficient (Wildman–Crippen LogP) is 3.22. The Morgan fingerprint density at radius 1 is 1.19 bits per heavy atom. The first-order valence-electron chi connectivity index (χ1n) is 8.53. The van der Waals surface area contributed by atoms with Crippen LogP contribution in [-0.2, 0) is 6.42 Å². The first-order valence-corrected chi connectivity index (χ1v) is 8.53. The molecule has 0 saturated carbocycles. The van der Waals surface area contributed by atoms with Crippen molar-refractivity contribution in [3.8, 4) is 17.5 Å². The third-order valence-electron chi connectivity index (χ3n) is 4.87. The van der Waals surface area contributed by atoms with Crippen LogP contribution >= 0.6 is 0 Å². The molecule has 0 bridgehead atoms. The zero-order chi connectivity index (χ0) is 19.0. The molecule has 0 amide bonds. The molecule has 1 aliphatic rings. The summed E-state index contributed by atoms with van der Waals surface area (Å²) >= 11 is 0. The quantitative estimate of drug-likeness (QED) is 0.716. The lowest BCUT2D eigenvalue weighted by Gasteiger charge is -2.26. The van der Waals surface area contributed by atoms with Crippen LogP contribution < -0.4 is 10.3 Å². The number of hydrogen-bond donors (Lipinski definition) is 0. The van der Waals surface area contributed by atoms with E-state index in [4.69, 9.17) is 9.15 Å². The second-order valence-electron chi connectivity index (χ2n) is 6.39. The van der Waals surface area contributed by atoms with Gasteiger partial charge in [-0.05, 0) is 36.8 Å². The van der Waals surface area contributed by atoms with E-state index in [-0.39, 0.29) is 23.7 Å². The van der Waals surface area contributed by atoms with E-state index in [0.717, 1.165) is 0 Å². The van der Waals surface area contributed by atoms with Gasteiger partial charge in [-0.2, -0.15) is 5.26 Å².